The maximum atomic E-state index is 11.3. The molecule has 0 saturated carbocycles. The number of nitrogens with one attached hydrogen (secondary N) is 1. The van der Waals surface area contributed by atoms with Crippen molar-refractivity contribution in [2.75, 3.05) is 6.54 Å². The lowest BCUT2D eigenvalue weighted by molar-refractivity contribution is -0.120. The Morgan fingerprint density at radius 1 is 1.41 bits per heavy atom. The molecule has 1 N–H and O–H groups in total. The summed E-state index contributed by atoms with van der Waals surface area (Å²) in [7, 11) is 0. The molecule has 0 unspecified atom stereocenters. The smallest absolute Gasteiger partial charge is 0.225 e. The Labute approximate surface area is 101 Å². The zero-order valence-corrected chi connectivity index (χ0v) is 10.1. The Kier molecular flexibility index (Phi) is 5.02. The normalized spacial score (nSPS) is 9.76. The van der Waals surface area contributed by atoms with E-state index in [1.54, 1.807) is 0 Å². The number of ether oxygens (including phenoxy) is 1. The first-order valence-corrected chi connectivity index (χ1v) is 5.51. The largest absolute Gasteiger partial charge is 0.491 e. The quantitative estimate of drug-likeness (QED) is 0.785. The summed E-state index contributed by atoms with van der Waals surface area (Å²) < 4.78 is 5.50. The Morgan fingerprint density at radius 2 is 2.06 bits per heavy atom. The van der Waals surface area contributed by atoms with E-state index in [0.29, 0.717) is 0 Å². The molecule has 1 rings (SSSR count). The van der Waals surface area contributed by atoms with Gasteiger partial charge in [0.25, 0.3) is 0 Å². The number of nitrogens with zero attached hydrogens (tertiary/aromatic N) is 1. The molecule has 4 nitrogen and oxygen atoms in total. The highest BCUT2D eigenvalue weighted by Crippen LogP contribution is 2.14. The number of hydrogen-bond donors (Lipinski definition) is 1. The van der Waals surface area contributed by atoms with E-state index >= 15 is 0 Å². The molecule has 0 aliphatic rings. The van der Waals surface area contributed by atoms with Gasteiger partial charge in [0, 0.05) is 0 Å². The summed E-state index contributed by atoms with van der Waals surface area (Å²) in [6.07, 6.45) is 0.420. The minimum Gasteiger partial charge on any atom is -0.491 e. The molecule has 0 saturated heterocycles. The summed E-state index contributed by atoms with van der Waals surface area (Å²) in [5.74, 6) is 0.644. The SMILES string of the molecule is CC(C)Oc1ccc(CC(=O)NCC#N)cc1. The van der Waals surface area contributed by atoms with Gasteiger partial charge >= 0.3 is 0 Å². The van der Waals surface area contributed by atoms with Crippen molar-refractivity contribution in [3.63, 3.8) is 0 Å². The summed E-state index contributed by atoms with van der Waals surface area (Å²) in [4.78, 5) is 11.3. The van der Waals surface area contributed by atoms with Gasteiger partial charge in [-0.3, -0.25) is 4.79 Å². The number of benzene rings is 1. The molecule has 0 aliphatic heterocycles. The van der Waals surface area contributed by atoms with Crippen LogP contribution < -0.4 is 10.1 Å². The van der Waals surface area contributed by atoms with Crippen LogP contribution in [0.5, 0.6) is 5.75 Å². The third-order valence-electron chi connectivity index (χ3n) is 2.02. The van der Waals surface area contributed by atoms with Crippen molar-refractivity contribution >= 4 is 5.91 Å². The lowest BCUT2D eigenvalue weighted by atomic mass is 10.1. The van der Waals surface area contributed by atoms with Crippen molar-refractivity contribution in [2.45, 2.75) is 26.4 Å². The van der Waals surface area contributed by atoms with E-state index in [4.69, 9.17) is 10.00 Å². The van der Waals surface area contributed by atoms with Gasteiger partial charge in [-0.25, -0.2) is 0 Å². The summed E-state index contributed by atoms with van der Waals surface area (Å²) in [6.45, 7) is 3.97. The number of carbonyl (C=O) groups excluding carboxylic acids is 1. The molecule has 0 bridgehead atoms. The van der Waals surface area contributed by atoms with Crippen molar-refractivity contribution in [1.29, 1.82) is 5.26 Å². The van der Waals surface area contributed by atoms with E-state index in [2.05, 4.69) is 5.32 Å². The molecule has 1 amide bonds. The molecule has 0 atom stereocenters. The first-order valence-electron chi connectivity index (χ1n) is 5.51. The second-order valence-electron chi connectivity index (χ2n) is 3.92. The van der Waals surface area contributed by atoms with Gasteiger partial charge in [0.1, 0.15) is 12.3 Å². The number of hydrogen-bond acceptors (Lipinski definition) is 3. The molecule has 0 fully saturated rings. The number of rotatable bonds is 5. The van der Waals surface area contributed by atoms with Crippen LogP contribution in [-0.2, 0) is 11.2 Å². The van der Waals surface area contributed by atoms with Gasteiger partial charge in [0.2, 0.25) is 5.91 Å². The minimum atomic E-state index is -0.149. The average Bonchev–Trinajstić information content (AvgIpc) is 2.28. The van der Waals surface area contributed by atoms with Crippen molar-refractivity contribution < 1.29 is 9.53 Å². The van der Waals surface area contributed by atoms with E-state index in [9.17, 15) is 4.79 Å². The van der Waals surface area contributed by atoms with E-state index in [-0.39, 0.29) is 25.0 Å². The van der Waals surface area contributed by atoms with Crippen LogP contribution in [0, 0.1) is 11.3 Å². The van der Waals surface area contributed by atoms with Crippen LogP contribution in [0.1, 0.15) is 19.4 Å². The number of carbonyl (C=O) groups is 1. The summed E-state index contributed by atoms with van der Waals surface area (Å²) >= 11 is 0. The number of nitriles is 1. The monoisotopic (exact) mass is 232 g/mol. The standard InChI is InChI=1S/C13H16N2O2/c1-10(2)17-12-5-3-11(4-6-12)9-13(16)15-8-7-14/h3-6,10H,8-9H2,1-2H3,(H,15,16). The highest BCUT2D eigenvalue weighted by atomic mass is 16.5. The van der Waals surface area contributed by atoms with Crippen LogP contribution in [0.25, 0.3) is 0 Å². The fourth-order valence-electron chi connectivity index (χ4n) is 1.34. The molecule has 0 spiro atoms. The van der Waals surface area contributed by atoms with Crippen LogP contribution >= 0.6 is 0 Å². The molecule has 0 aromatic heterocycles. The maximum Gasteiger partial charge on any atom is 0.225 e. The predicted octanol–water partition coefficient (Wildman–Crippen LogP) is 1.66. The topological polar surface area (TPSA) is 62.1 Å². The predicted molar refractivity (Wildman–Crippen MR) is 64.5 cm³/mol. The summed E-state index contributed by atoms with van der Waals surface area (Å²) in [5.41, 5.74) is 0.900. The molecule has 0 heterocycles. The first-order chi connectivity index (χ1) is 8.11. The Balaban J connectivity index is 2.51. The van der Waals surface area contributed by atoms with Gasteiger partial charge in [-0.1, -0.05) is 12.1 Å². The van der Waals surface area contributed by atoms with Gasteiger partial charge in [0.15, 0.2) is 0 Å². The van der Waals surface area contributed by atoms with Crippen molar-refractivity contribution in [3.8, 4) is 11.8 Å². The van der Waals surface area contributed by atoms with Crippen LogP contribution in [0.3, 0.4) is 0 Å². The molecule has 4 heteroatoms. The Hall–Kier alpha value is -2.02. The fraction of sp³-hybridized carbons (Fsp3) is 0.385. The zero-order chi connectivity index (χ0) is 12.7. The lowest BCUT2D eigenvalue weighted by Gasteiger charge is -2.09. The summed E-state index contributed by atoms with van der Waals surface area (Å²) in [6, 6.07) is 9.25. The molecule has 17 heavy (non-hydrogen) atoms. The second kappa shape index (κ2) is 6.54. The van der Waals surface area contributed by atoms with Gasteiger partial charge in [-0.15, -0.1) is 0 Å². The van der Waals surface area contributed by atoms with E-state index in [0.717, 1.165) is 11.3 Å². The molecule has 90 valence electrons. The fourth-order valence-corrected chi connectivity index (χ4v) is 1.34. The zero-order valence-electron chi connectivity index (χ0n) is 10.1. The van der Waals surface area contributed by atoms with Crippen molar-refractivity contribution in [3.05, 3.63) is 29.8 Å². The number of amides is 1. The Morgan fingerprint density at radius 3 is 2.59 bits per heavy atom. The minimum absolute atomic E-state index is 0.0490. The molecule has 0 aliphatic carbocycles. The van der Waals surface area contributed by atoms with Crippen LogP contribution in [0.4, 0.5) is 0 Å². The van der Waals surface area contributed by atoms with Gasteiger partial charge in [-0.2, -0.15) is 5.26 Å². The van der Waals surface area contributed by atoms with Crippen LogP contribution in [0.15, 0.2) is 24.3 Å². The highest BCUT2D eigenvalue weighted by molar-refractivity contribution is 5.78. The van der Waals surface area contributed by atoms with E-state index in [1.165, 1.54) is 0 Å². The highest BCUT2D eigenvalue weighted by Gasteiger charge is 2.03. The van der Waals surface area contributed by atoms with Gasteiger partial charge in [0.05, 0.1) is 18.6 Å². The van der Waals surface area contributed by atoms with Gasteiger partial charge < -0.3 is 10.1 Å². The molecule has 1 aromatic rings. The third kappa shape index (κ3) is 5.03. The van der Waals surface area contributed by atoms with Gasteiger partial charge in [-0.05, 0) is 31.5 Å². The first kappa shape index (κ1) is 13.0. The lowest BCUT2D eigenvalue weighted by Crippen LogP contribution is -2.25. The van der Waals surface area contributed by atoms with Crippen LogP contribution in [0.2, 0.25) is 0 Å². The van der Waals surface area contributed by atoms with Crippen molar-refractivity contribution in [1.82, 2.24) is 5.32 Å². The third-order valence-corrected chi connectivity index (χ3v) is 2.02. The average molecular weight is 232 g/mol. The second-order valence-corrected chi connectivity index (χ2v) is 3.92. The Bertz CT molecular complexity index is 404. The molecule has 1 aromatic carbocycles. The van der Waals surface area contributed by atoms with Crippen LogP contribution in [-0.4, -0.2) is 18.6 Å². The molecular weight excluding hydrogens is 216 g/mol. The van der Waals surface area contributed by atoms with Crippen molar-refractivity contribution in [2.24, 2.45) is 0 Å². The van der Waals surface area contributed by atoms with E-state index in [1.807, 2.05) is 44.2 Å². The molecular formula is C13H16N2O2. The maximum absolute atomic E-state index is 11.3. The molecule has 0 radical (unpaired) electrons. The van der Waals surface area contributed by atoms with E-state index < -0.39 is 0 Å². The summed E-state index contributed by atoms with van der Waals surface area (Å²) in [5, 5.41) is 10.8.